The molecule has 4 rings (SSSR count). The zero-order valence-corrected chi connectivity index (χ0v) is 11.7. The molecule has 0 unspecified atom stereocenters. The molecule has 4 aromatic rings. The minimum absolute atomic E-state index is 0.766. The van der Waals surface area contributed by atoms with E-state index in [9.17, 15) is 0 Å². The molecule has 0 aliphatic carbocycles. The Hall–Kier alpha value is -2.81. The van der Waals surface area contributed by atoms with Crippen molar-refractivity contribution < 1.29 is 0 Å². The van der Waals surface area contributed by atoms with Gasteiger partial charge in [-0.1, -0.05) is 18.2 Å². The summed E-state index contributed by atoms with van der Waals surface area (Å²) in [5.41, 5.74) is 13.1. The van der Waals surface area contributed by atoms with E-state index in [0.29, 0.717) is 0 Å². The second kappa shape index (κ2) is 4.35. The van der Waals surface area contributed by atoms with Crippen LogP contribution in [0, 0.1) is 6.92 Å². The van der Waals surface area contributed by atoms with E-state index >= 15 is 0 Å². The Morgan fingerprint density at radius 1 is 0.952 bits per heavy atom. The van der Waals surface area contributed by atoms with Crippen LogP contribution in [0.5, 0.6) is 0 Å². The van der Waals surface area contributed by atoms with Crippen LogP contribution in [-0.2, 0) is 0 Å². The van der Waals surface area contributed by atoms with Crippen LogP contribution in [0.1, 0.15) is 5.56 Å². The van der Waals surface area contributed by atoms with Gasteiger partial charge in [0.25, 0.3) is 0 Å². The zero-order chi connectivity index (χ0) is 14.4. The van der Waals surface area contributed by atoms with E-state index in [-0.39, 0.29) is 0 Å². The summed E-state index contributed by atoms with van der Waals surface area (Å²) in [5, 5.41) is 0. The Labute approximate surface area is 122 Å². The predicted octanol–water partition coefficient (Wildman–Crippen LogP) is 4.05. The third-order valence-electron chi connectivity index (χ3n) is 3.80. The number of hydrogen-bond acceptors (Lipinski definition) is 2. The molecule has 0 spiro atoms. The van der Waals surface area contributed by atoms with Crippen LogP contribution in [-0.4, -0.2) is 9.38 Å². The normalized spacial score (nSPS) is 11.3. The van der Waals surface area contributed by atoms with E-state index in [2.05, 4.69) is 47.9 Å². The number of benzene rings is 2. The van der Waals surface area contributed by atoms with Crippen LogP contribution in [0.2, 0.25) is 0 Å². The fourth-order valence-electron chi connectivity index (χ4n) is 2.74. The lowest BCUT2D eigenvalue weighted by atomic mass is 10.1. The molecule has 102 valence electrons. The van der Waals surface area contributed by atoms with E-state index < -0.39 is 0 Å². The van der Waals surface area contributed by atoms with Crippen LogP contribution in [0.25, 0.3) is 27.8 Å². The van der Waals surface area contributed by atoms with Gasteiger partial charge in [0.15, 0.2) is 0 Å². The van der Waals surface area contributed by atoms with E-state index in [4.69, 9.17) is 10.7 Å². The van der Waals surface area contributed by atoms with Crippen molar-refractivity contribution >= 4 is 22.2 Å². The van der Waals surface area contributed by atoms with E-state index in [1.807, 2.05) is 24.3 Å². The SMILES string of the molecule is Cc1ccc2c(c1)nc(-c1ccc(N)cc1)c1cccn12. The molecule has 0 atom stereocenters. The molecule has 3 heteroatoms. The topological polar surface area (TPSA) is 43.3 Å². The van der Waals surface area contributed by atoms with Gasteiger partial charge in [0, 0.05) is 17.4 Å². The first-order valence-electron chi connectivity index (χ1n) is 6.96. The Morgan fingerprint density at radius 3 is 2.57 bits per heavy atom. The summed E-state index contributed by atoms with van der Waals surface area (Å²) in [6.07, 6.45) is 2.08. The number of fused-ring (bicyclic) bond motifs is 3. The first kappa shape index (κ1) is 12.0. The summed E-state index contributed by atoms with van der Waals surface area (Å²) in [6, 6.07) is 18.4. The smallest absolute Gasteiger partial charge is 0.0950 e. The van der Waals surface area contributed by atoms with Gasteiger partial charge in [0.2, 0.25) is 0 Å². The quantitative estimate of drug-likeness (QED) is 0.532. The Kier molecular flexibility index (Phi) is 2.48. The fraction of sp³-hybridized carbons (Fsp3) is 0.0556. The maximum Gasteiger partial charge on any atom is 0.0950 e. The van der Waals surface area contributed by atoms with Gasteiger partial charge in [-0.2, -0.15) is 0 Å². The average Bonchev–Trinajstić information content (AvgIpc) is 2.96. The number of aryl methyl sites for hydroxylation is 1. The molecule has 2 aromatic heterocycles. The minimum atomic E-state index is 0.766. The van der Waals surface area contributed by atoms with Gasteiger partial charge in [0.1, 0.15) is 0 Å². The number of nitrogen functional groups attached to an aromatic ring is 1. The molecule has 0 bridgehead atoms. The third kappa shape index (κ3) is 1.86. The first-order chi connectivity index (χ1) is 10.2. The van der Waals surface area contributed by atoms with Crippen LogP contribution in [0.15, 0.2) is 60.8 Å². The summed E-state index contributed by atoms with van der Waals surface area (Å²) in [4.78, 5) is 4.87. The molecule has 0 aliphatic heterocycles. The first-order valence-corrected chi connectivity index (χ1v) is 6.96. The number of anilines is 1. The van der Waals surface area contributed by atoms with Gasteiger partial charge < -0.3 is 10.1 Å². The maximum absolute atomic E-state index is 5.78. The molecule has 2 aromatic carbocycles. The number of hydrogen-bond donors (Lipinski definition) is 1. The van der Waals surface area contributed by atoms with Gasteiger partial charge >= 0.3 is 0 Å². The van der Waals surface area contributed by atoms with Crippen LogP contribution in [0.4, 0.5) is 5.69 Å². The van der Waals surface area contributed by atoms with Crippen LogP contribution >= 0.6 is 0 Å². The number of nitrogens with zero attached hydrogens (tertiary/aromatic N) is 2. The van der Waals surface area contributed by atoms with Crippen molar-refractivity contribution in [2.24, 2.45) is 0 Å². The van der Waals surface area contributed by atoms with E-state index in [0.717, 1.165) is 33.5 Å². The Morgan fingerprint density at radius 2 is 1.76 bits per heavy atom. The zero-order valence-electron chi connectivity index (χ0n) is 11.7. The maximum atomic E-state index is 5.78. The molecule has 3 nitrogen and oxygen atoms in total. The van der Waals surface area contributed by atoms with Crippen molar-refractivity contribution in [2.75, 3.05) is 5.73 Å². The molecule has 0 saturated carbocycles. The monoisotopic (exact) mass is 273 g/mol. The molecule has 2 heterocycles. The Bertz CT molecular complexity index is 949. The van der Waals surface area contributed by atoms with Gasteiger partial charge in [-0.15, -0.1) is 0 Å². The standard InChI is InChI=1S/C18H15N3/c1-12-4-9-16-15(11-12)20-18(17-3-2-10-21(16)17)13-5-7-14(19)8-6-13/h2-11H,19H2,1H3. The average molecular weight is 273 g/mol. The van der Waals surface area contributed by atoms with Gasteiger partial charge in [0.05, 0.1) is 22.2 Å². The molecule has 21 heavy (non-hydrogen) atoms. The van der Waals surface area contributed by atoms with Crippen LogP contribution in [0.3, 0.4) is 0 Å². The molecular formula is C18H15N3. The second-order valence-corrected chi connectivity index (χ2v) is 5.34. The molecule has 2 N–H and O–H groups in total. The number of rotatable bonds is 1. The van der Waals surface area contributed by atoms with Gasteiger partial charge in [-0.25, -0.2) is 4.98 Å². The van der Waals surface area contributed by atoms with Gasteiger partial charge in [-0.3, -0.25) is 0 Å². The molecule has 0 saturated heterocycles. The summed E-state index contributed by atoms with van der Waals surface area (Å²) >= 11 is 0. The third-order valence-corrected chi connectivity index (χ3v) is 3.80. The second-order valence-electron chi connectivity index (χ2n) is 5.34. The van der Waals surface area contributed by atoms with Crippen molar-refractivity contribution in [1.82, 2.24) is 9.38 Å². The lowest BCUT2D eigenvalue weighted by Gasteiger charge is -2.09. The summed E-state index contributed by atoms with van der Waals surface area (Å²) in [5.74, 6) is 0. The van der Waals surface area contributed by atoms with Gasteiger partial charge in [-0.05, 0) is 48.9 Å². The van der Waals surface area contributed by atoms with E-state index in [1.54, 1.807) is 0 Å². The molecular weight excluding hydrogens is 258 g/mol. The predicted molar refractivity (Wildman–Crippen MR) is 87.3 cm³/mol. The van der Waals surface area contributed by atoms with Crippen molar-refractivity contribution in [3.05, 3.63) is 66.4 Å². The van der Waals surface area contributed by atoms with Crippen molar-refractivity contribution in [1.29, 1.82) is 0 Å². The highest BCUT2D eigenvalue weighted by Crippen LogP contribution is 2.28. The Balaban J connectivity index is 2.10. The molecule has 0 radical (unpaired) electrons. The molecule has 0 amide bonds. The highest BCUT2D eigenvalue weighted by atomic mass is 14.9. The van der Waals surface area contributed by atoms with Crippen molar-refractivity contribution in [3.63, 3.8) is 0 Å². The number of aromatic nitrogens is 2. The fourth-order valence-corrected chi connectivity index (χ4v) is 2.74. The highest BCUT2D eigenvalue weighted by Gasteiger charge is 2.10. The molecule has 0 fully saturated rings. The van der Waals surface area contributed by atoms with Crippen LogP contribution < -0.4 is 5.73 Å². The highest BCUT2D eigenvalue weighted by molar-refractivity contribution is 5.88. The lowest BCUT2D eigenvalue weighted by Crippen LogP contribution is -1.95. The minimum Gasteiger partial charge on any atom is -0.399 e. The van der Waals surface area contributed by atoms with E-state index in [1.165, 1.54) is 5.56 Å². The summed E-state index contributed by atoms with van der Waals surface area (Å²) < 4.78 is 2.19. The number of nitrogens with two attached hydrogens (primary N) is 1. The van der Waals surface area contributed by atoms with Crippen molar-refractivity contribution in [3.8, 4) is 11.3 Å². The molecule has 0 aliphatic rings. The summed E-state index contributed by atoms with van der Waals surface area (Å²) in [6.45, 7) is 2.09. The largest absolute Gasteiger partial charge is 0.399 e. The van der Waals surface area contributed by atoms with Crippen molar-refractivity contribution in [2.45, 2.75) is 6.92 Å². The summed E-state index contributed by atoms with van der Waals surface area (Å²) in [7, 11) is 0. The lowest BCUT2D eigenvalue weighted by molar-refractivity contribution is 1.22.